The average molecular weight is 472 g/mol. The number of aliphatic hydroxyl groups excluding tert-OH is 1. The van der Waals surface area contributed by atoms with E-state index in [2.05, 4.69) is 9.97 Å². The molecule has 0 unspecified atom stereocenters. The Bertz CT molecular complexity index is 1340. The SMILES string of the molecule is C[C@H](O)C(=O)N1CCC(N2C(=O)N(C)Cc3cnc4ccc(-c5ccc(C#N)nc5)nc4c32)CC1. The van der Waals surface area contributed by atoms with Crippen molar-refractivity contribution in [1.82, 2.24) is 24.8 Å². The van der Waals surface area contributed by atoms with Gasteiger partial charge in [0.05, 0.1) is 23.4 Å². The molecule has 178 valence electrons. The quantitative estimate of drug-likeness (QED) is 0.621. The molecule has 10 nitrogen and oxygen atoms in total. The minimum Gasteiger partial charge on any atom is -0.384 e. The van der Waals surface area contributed by atoms with Gasteiger partial charge in [-0.05, 0) is 44.0 Å². The van der Waals surface area contributed by atoms with Crippen molar-refractivity contribution in [2.75, 3.05) is 25.0 Å². The Balaban J connectivity index is 1.55. The van der Waals surface area contributed by atoms with Crippen molar-refractivity contribution >= 4 is 28.7 Å². The van der Waals surface area contributed by atoms with Crippen molar-refractivity contribution in [3.8, 4) is 17.3 Å². The first kappa shape index (κ1) is 22.7. The Kier molecular flexibility index (Phi) is 5.78. The summed E-state index contributed by atoms with van der Waals surface area (Å²) in [6, 6.07) is 8.96. The van der Waals surface area contributed by atoms with Gasteiger partial charge in [-0.2, -0.15) is 5.26 Å². The third kappa shape index (κ3) is 4.04. The first-order chi connectivity index (χ1) is 16.9. The standard InChI is InChI=1S/C25H25N7O3/c1-15(33)24(34)31-9-7-19(8-10-31)32-23-17(14-30(2)25(32)35)13-28-21-6-5-20(29-22(21)23)16-3-4-18(11-26)27-12-16/h3-6,12-13,15,19,33H,7-10,14H2,1-2H3/t15-/m0/s1. The van der Waals surface area contributed by atoms with Crippen LogP contribution in [-0.4, -0.2) is 74.1 Å². The number of nitrogens with zero attached hydrogens (tertiary/aromatic N) is 7. The van der Waals surface area contributed by atoms with Crippen LogP contribution in [0.5, 0.6) is 0 Å². The van der Waals surface area contributed by atoms with E-state index >= 15 is 0 Å². The number of urea groups is 1. The summed E-state index contributed by atoms with van der Waals surface area (Å²) >= 11 is 0. The Morgan fingerprint density at radius 2 is 1.94 bits per heavy atom. The highest BCUT2D eigenvalue weighted by atomic mass is 16.3. The number of carbonyl (C=O) groups is 2. The maximum Gasteiger partial charge on any atom is 0.324 e. The van der Waals surface area contributed by atoms with Gasteiger partial charge in [0.15, 0.2) is 0 Å². The lowest BCUT2D eigenvalue weighted by Gasteiger charge is -2.43. The second kappa shape index (κ2) is 8.92. The number of aliphatic hydroxyl groups is 1. The molecule has 3 amide bonds. The van der Waals surface area contributed by atoms with E-state index in [9.17, 15) is 14.7 Å². The van der Waals surface area contributed by atoms with Crippen molar-refractivity contribution in [3.05, 3.63) is 47.9 Å². The molecule has 3 aromatic rings. The highest BCUT2D eigenvalue weighted by Gasteiger charge is 2.38. The molecule has 1 fully saturated rings. The number of carbonyl (C=O) groups excluding carboxylic acids is 2. The molecule has 10 heteroatoms. The van der Waals surface area contributed by atoms with Gasteiger partial charge in [-0.3, -0.25) is 14.7 Å². The highest BCUT2D eigenvalue weighted by molar-refractivity contribution is 6.04. The second-order valence-corrected chi connectivity index (χ2v) is 8.98. The average Bonchev–Trinajstić information content (AvgIpc) is 2.89. The summed E-state index contributed by atoms with van der Waals surface area (Å²) in [4.78, 5) is 44.4. The summed E-state index contributed by atoms with van der Waals surface area (Å²) < 4.78 is 0. The third-order valence-electron chi connectivity index (χ3n) is 6.62. The summed E-state index contributed by atoms with van der Waals surface area (Å²) in [6.07, 6.45) is 3.57. The van der Waals surface area contributed by atoms with Crippen LogP contribution < -0.4 is 4.90 Å². The minimum atomic E-state index is -1.04. The number of fused-ring (bicyclic) bond motifs is 3. The van der Waals surface area contributed by atoms with E-state index in [4.69, 9.17) is 10.2 Å². The lowest BCUT2D eigenvalue weighted by atomic mass is 9.99. The van der Waals surface area contributed by atoms with E-state index in [1.54, 1.807) is 46.3 Å². The van der Waals surface area contributed by atoms with Gasteiger partial charge in [0.2, 0.25) is 0 Å². The zero-order valence-electron chi connectivity index (χ0n) is 19.5. The molecule has 0 saturated carbocycles. The van der Waals surface area contributed by atoms with E-state index in [1.165, 1.54) is 6.92 Å². The van der Waals surface area contributed by atoms with E-state index in [1.807, 2.05) is 18.2 Å². The van der Waals surface area contributed by atoms with Crippen molar-refractivity contribution in [2.24, 2.45) is 0 Å². The Morgan fingerprint density at radius 3 is 2.60 bits per heavy atom. The summed E-state index contributed by atoms with van der Waals surface area (Å²) in [5.74, 6) is -0.289. The normalized spacial score (nSPS) is 17.3. The zero-order valence-corrected chi connectivity index (χ0v) is 19.5. The van der Waals surface area contributed by atoms with Gasteiger partial charge in [-0.1, -0.05) is 0 Å². The van der Waals surface area contributed by atoms with Gasteiger partial charge in [-0.25, -0.2) is 14.8 Å². The predicted octanol–water partition coefficient (Wildman–Crippen LogP) is 2.31. The zero-order chi connectivity index (χ0) is 24.7. The summed E-state index contributed by atoms with van der Waals surface area (Å²) in [6.45, 7) is 2.84. The Hall–Kier alpha value is -4.10. The summed E-state index contributed by atoms with van der Waals surface area (Å²) in [5.41, 5.74) is 4.74. The van der Waals surface area contributed by atoms with Gasteiger partial charge >= 0.3 is 6.03 Å². The van der Waals surface area contributed by atoms with Crippen LogP contribution in [0.15, 0.2) is 36.7 Å². The fourth-order valence-electron chi connectivity index (χ4n) is 4.80. The van der Waals surface area contributed by atoms with Gasteiger partial charge in [0.1, 0.15) is 23.4 Å². The van der Waals surface area contributed by atoms with Crippen LogP contribution in [0.2, 0.25) is 0 Å². The molecule has 1 saturated heterocycles. The molecular weight excluding hydrogens is 446 g/mol. The van der Waals surface area contributed by atoms with Gasteiger partial charge in [0, 0.05) is 49.7 Å². The minimum absolute atomic E-state index is 0.113. The molecule has 2 aliphatic rings. The molecular formula is C25H25N7O3. The number of nitriles is 1. The van der Waals surface area contributed by atoms with Crippen LogP contribution in [0.1, 0.15) is 31.0 Å². The maximum atomic E-state index is 13.4. The first-order valence-electron chi connectivity index (χ1n) is 11.5. The predicted molar refractivity (Wildman–Crippen MR) is 128 cm³/mol. The van der Waals surface area contributed by atoms with Crippen molar-refractivity contribution in [1.29, 1.82) is 5.26 Å². The molecule has 35 heavy (non-hydrogen) atoms. The number of pyridine rings is 3. The molecule has 5 heterocycles. The van der Waals surface area contributed by atoms with Crippen LogP contribution in [0.3, 0.4) is 0 Å². The van der Waals surface area contributed by atoms with Gasteiger partial charge in [0.25, 0.3) is 5.91 Å². The number of rotatable bonds is 3. The number of aromatic nitrogens is 3. The topological polar surface area (TPSA) is 127 Å². The molecule has 1 atom stereocenters. The number of hydrogen-bond donors (Lipinski definition) is 1. The van der Waals surface area contributed by atoms with E-state index in [0.717, 1.165) is 16.8 Å². The molecule has 0 aromatic carbocycles. The molecule has 3 aromatic heterocycles. The van der Waals surface area contributed by atoms with Crippen LogP contribution in [0.4, 0.5) is 10.5 Å². The largest absolute Gasteiger partial charge is 0.384 e. The van der Waals surface area contributed by atoms with Crippen LogP contribution >= 0.6 is 0 Å². The molecule has 2 aliphatic heterocycles. The third-order valence-corrected chi connectivity index (χ3v) is 6.62. The van der Waals surface area contributed by atoms with Crippen LogP contribution in [-0.2, 0) is 11.3 Å². The molecule has 1 N–H and O–H groups in total. The van der Waals surface area contributed by atoms with E-state index in [0.29, 0.717) is 54.9 Å². The molecule has 0 radical (unpaired) electrons. The van der Waals surface area contributed by atoms with Crippen LogP contribution in [0, 0.1) is 11.3 Å². The number of amides is 3. The molecule has 5 rings (SSSR count). The van der Waals surface area contributed by atoms with E-state index < -0.39 is 6.10 Å². The Morgan fingerprint density at radius 1 is 1.17 bits per heavy atom. The highest BCUT2D eigenvalue weighted by Crippen LogP contribution is 2.37. The van der Waals surface area contributed by atoms with Crippen molar-refractivity contribution in [3.63, 3.8) is 0 Å². The van der Waals surface area contributed by atoms with Gasteiger partial charge < -0.3 is 14.9 Å². The van der Waals surface area contributed by atoms with Crippen LogP contribution in [0.25, 0.3) is 22.3 Å². The van der Waals surface area contributed by atoms with Crippen molar-refractivity contribution in [2.45, 2.75) is 38.5 Å². The molecule has 0 aliphatic carbocycles. The Labute approximate surface area is 202 Å². The fraction of sp³-hybridized carbons (Fsp3) is 0.360. The fourth-order valence-corrected chi connectivity index (χ4v) is 4.80. The monoisotopic (exact) mass is 471 g/mol. The number of anilines is 1. The first-order valence-corrected chi connectivity index (χ1v) is 11.5. The number of hydrogen-bond acceptors (Lipinski definition) is 7. The summed E-state index contributed by atoms with van der Waals surface area (Å²) in [7, 11) is 1.76. The number of piperidine rings is 1. The van der Waals surface area contributed by atoms with E-state index in [-0.39, 0.29) is 18.0 Å². The van der Waals surface area contributed by atoms with Gasteiger partial charge in [-0.15, -0.1) is 0 Å². The smallest absolute Gasteiger partial charge is 0.324 e. The lowest BCUT2D eigenvalue weighted by Crippen LogP contribution is -2.55. The lowest BCUT2D eigenvalue weighted by molar-refractivity contribution is -0.140. The maximum absolute atomic E-state index is 13.4. The molecule has 0 spiro atoms. The summed E-state index contributed by atoms with van der Waals surface area (Å²) in [5, 5.41) is 18.7. The van der Waals surface area contributed by atoms with Crippen molar-refractivity contribution < 1.29 is 14.7 Å². The number of likely N-dealkylation sites (tertiary alicyclic amines) is 1. The second-order valence-electron chi connectivity index (χ2n) is 8.98. The molecule has 0 bridgehead atoms.